The van der Waals surface area contributed by atoms with Gasteiger partial charge in [0.15, 0.2) is 0 Å². The third kappa shape index (κ3) is 14.6. The predicted octanol–water partition coefficient (Wildman–Crippen LogP) is 3.20. The number of aliphatic hydroxyl groups is 1. The van der Waals surface area contributed by atoms with Crippen molar-refractivity contribution in [2.24, 2.45) is 11.7 Å². The topological polar surface area (TPSA) is 151 Å². The fourth-order valence-corrected chi connectivity index (χ4v) is 3.83. The van der Waals surface area contributed by atoms with Gasteiger partial charge in [0.1, 0.15) is 18.7 Å². The van der Waals surface area contributed by atoms with Gasteiger partial charge in [-0.2, -0.15) is 11.8 Å². The number of carbonyl (C=O) groups excluding carboxylic acids is 2. The van der Waals surface area contributed by atoms with Crippen molar-refractivity contribution >= 4 is 29.7 Å². The van der Waals surface area contributed by atoms with E-state index in [-0.39, 0.29) is 31.6 Å². The van der Waals surface area contributed by atoms with Gasteiger partial charge < -0.3 is 31.3 Å². The lowest BCUT2D eigenvalue weighted by atomic mass is 10.0. The highest BCUT2D eigenvalue weighted by molar-refractivity contribution is 7.98. The molecule has 0 spiro atoms. The summed E-state index contributed by atoms with van der Waals surface area (Å²) in [7, 11) is 0. The fraction of sp³-hybridized carbons (Fsp3) is 0.464. The number of benzene rings is 2. The number of aliphatic hydroxyl groups excluding tert-OH is 1. The number of carboxylic acid groups (broad SMARTS) is 1. The van der Waals surface area contributed by atoms with Gasteiger partial charge >= 0.3 is 12.1 Å². The maximum atomic E-state index is 12.7. The zero-order chi connectivity index (χ0) is 28.3. The van der Waals surface area contributed by atoms with Crippen LogP contribution in [0.15, 0.2) is 60.7 Å². The summed E-state index contributed by atoms with van der Waals surface area (Å²) >= 11 is 1.75. The van der Waals surface area contributed by atoms with Gasteiger partial charge in [-0.15, -0.1) is 0 Å². The Morgan fingerprint density at radius 3 is 2.03 bits per heavy atom. The zero-order valence-electron chi connectivity index (χ0n) is 22.3. The number of hydrogen-bond acceptors (Lipinski definition) is 7. The quantitative estimate of drug-likeness (QED) is 0.242. The van der Waals surface area contributed by atoms with Crippen molar-refractivity contribution in [3.05, 3.63) is 71.8 Å². The van der Waals surface area contributed by atoms with Crippen LogP contribution in [0.1, 0.15) is 37.8 Å². The number of thioether (sulfide) groups is 1. The molecule has 3 atom stereocenters. The first-order valence-electron chi connectivity index (χ1n) is 12.6. The number of hydrogen-bond donors (Lipinski definition) is 5. The average molecular weight is 548 g/mol. The van der Waals surface area contributed by atoms with E-state index in [4.69, 9.17) is 15.6 Å². The molecule has 0 aromatic heterocycles. The van der Waals surface area contributed by atoms with E-state index in [0.717, 1.165) is 23.3 Å². The van der Waals surface area contributed by atoms with Crippen LogP contribution in [-0.2, 0) is 27.4 Å². The van der Waals surface area contributed by atoms with Crippen LogP contribution in [0.25, 0.3) is 0 Å². The van der Waals surface area contributed by atoms with Gasteiger partial charge in [0.05, 0.1) is 6.61 Å². The van der Waals surface area contributed by atoms with E-state index in [0.29, 0.717) is 6.42 Å². The Hall–Kier alpha value is -3.08. The molecule has 0 saturated carbocycles. The zero-order valence-corrected chi connectivity index (χ0v) is 23.2. The summed E-state index contributed by atoms with van der Waals surface area (Å²) in [6.07, 6.45) is 2.72. The molecular formula is C28H41N3O6S. The molecule has 0 radical (unpaired) electrons. The van der Waals surface area contributed by atoms with Crippen molar-refractivity contribution in [2.45, 2.75) is 57.8 Å². The first-order chi connectivity index (χ1) is 18.2. The highest BCUT2D eigenvalue weighted by Crippen LogP contribution is 2.09. The Morgan fingerprint density at radius 1 is 0.947 bits per heavy atom. The molecule has 2 amide bonds. The molecule has 0 aliphatic heterocycles. The minimum Gasteiger partial charge on any atom is -0.480 e. The maximum Gasteiger partial charge on any atom is 0.408 e. The molecule has 9 nitrogen and oxygen atoms in total. The minimum absolute atomic E-state index is 0.0116. The van der Waals surface area contributed by atoms with Crippen LogP contribution in [-0.4, -0.2) is 64.9 Å². The first-order valence-corrected chi connectivity index (χ1v) is 13.9. The average Bonchev–Trinajstić information content (AvgIpc) is 2.91. The molecule has 0 aliphatic carbocycles. The van der Waals surface area contributed by atoms with Crippen molar-refractivity contribution in [1.29, 1.82) is 0 Å². The van der Waals surface area contributed by atoms with Crippen LogP contribution in [0.2, 0.25) is 0 Å². The summed E-state index contributed by atoms with van der Waals surface area (Å²) in [6.45, 7) is 4.01. The predicted molar refractivity (Wildman–Crippen MR) is 151 cm³/mol. The molecule has 2 aromatic carbocycles. The lowest BCUT2D eigenvalue weighted by molar-refractivity contribution is -0.142. The number of amides is 2. The van der Waals surface area contributed by atoms with Crippen LogP contribution in [0.5, 0.6) is 0 Å². The van der Waals surface area contributed by atoms with E-state index in [1.54, 1.807) is 23.9 Å². The van der Waals surface area contributed by atoms with Gasteiger partial charge in [-0.05, 0) is 41.9 Å². The molecule has 210 valence electrons. The van der Waals surface area contributed by atoms with Crippen molar-refractivity contribution in [1.82, 2.24) is 10.6 Å². The summed E-state index contributed by atoms with van der Waals surface area (Å²) in [5.41, 5.74) is 7.01. The van der Waals surface area contributed by atoms with Crippen LogP contribution < -0.4 is 16.4 Å². The molecule has 0 unspecified atom stereocenters. The highest BCUT2D eigenvalue weighted by Gasteiger charge is 2.27. The molecule has 2 aromatic rings. The first kappa shape index (κ1) is 32.9. The SMILES string of the molecule is CC(C)C[C@H](NC(=O)OCc1ccccc1)C(=O)N[C@@H](Cc1ccccc1)C(=O)O.CSCC[C@H](N)CO. The van der Waals surface area contributed by atoms with Crippen molar-refractivity contribution in [2.75, 3.05) is 18.6 Å². The Morgan fingerprint density at radius 2 is 1.53 bits per heavy atom. The second-order valence-electron chi connectivity index (χ2n) is 9.20. The smallest absolute Gasteiger partial charge is 0.408 e. The molecule has 10 heteroatoms. The maximum absolute atomic E-state index is 12.7. The number of alkyl carbamates (subject to hydrolysis) is 1. The molecule has 6 N–H and O–H groups in total. The molecular weight excluding hydrogens is 506 g/mol. The molecule has 0 saturated heterocycles. The lowest BCUT2D eigenvalue weighted by Crippen LogP contribution is -2.52. The Bertz CT molecular complexity index is 946. The standard InChI is InChI=1S/C23H28N2O5.C5H13NOS/c1-16(2)13-19(25-23(29)30-15-18-11-7-4-8-12-18)21(26)24-20(22(27)28)14-17-9-5-3-6-10-17;1-8-3-2-5(6)4-7/h3-12,16,19-20H,13-15H2,1-2H3,(H,24,26)(H,25,29)(H,27,28);5,7H,2-4,6H2,1H3/t19-,20-;5-/m00/s1. The molecule has 2 rings (SSSR count). The van der Waals surface area contributed by atoms with Crippen LogP contribution in [0, 0.1) is 5.92 Å². The third-order valence-electron chi connectivity index (χ3n) is 5.35. The Balaban J connectivity index is 0.000000781. The highest BCUT2D eigenvalue weighted by atomic mass is 32.2. The van der Waals surface area contributed by atoms with E-state index in [1.807, 2.05) is 68.6 Å². The fourth-order valence-electron chi connectivity index (χ4n) is 3.29. The molecule has 0 heterocycles. The number of carbonyl (C=O) groups is 3. The number of nitrogens with two attached hydrogens (primary N) is 1. The Labute approximate surface area is 229 Å². The van der Waals surface area contributed by atoms with Crippen molar-refractivity contribution in [3.8, 4) is 0 Å². The number of aliphatic carboxylic acids is 1. The number of carboxylic acids is 1. The second kappa shape index (κ2) is 19.1. The van der Waals surface area contributed by atoms with Gasteiger partial charge in [-0.25, -0.2) is 9.59 Å². The van der Waals surface area contributed by atoms with E-state index < -0.39 is 30.1 Å². The number of ether oxygens (including phenoxy) is 1. The van der Waals surface area contributed by atoms with E-state index >= 15 is 0 Å². The van der Waals surface area contributed by atoms with Crippen LogP contribution >= 0.6 is 11.8 Å². The summed E-state index contributed by atoms with van der Waals surface area (Å²) in [5.74, 6) is -0.541. The van der Waals surface area contributed by atoms with E-state index in [9.17, 15) is 19.5 Å². The normalized spacial score (nSPS) is 12.9. The van der Waals surface area contributed by atoms with Crippen molar-refractivity contribution < 1.29 is 29.3 Å². The third-order valence-corrected chi connectivity index (χ3v) is 6.00. The summed E-state index contributed by atoms with van der Waals surface area (Å²) < 4.78 is 5.19. The number of nitrogens with one attached hydrogen (secondary N) is 2. The molecule has 0 fully saturated rings. The van der Waals surface area contributed by atoms with Crippen LogP contribution in [0.4, 0.5) is 4.79 Å². The molecule has 38 heavy (non-hydrogen) atoms. The summed E-state index contributed by atoms with van der Waals surface area (Å²) in [6, 6.07) is 16.2. The van der Waals surface area contributed by atoms with Gasteiger partial charge in [0.2, 0.25) is 5.91 Å². The Kier molecular flexibility index (Phi) is 16.5. The lowest BCUT2D eigenvalue weighted by Gasteiger charge is -2.22. The number of rotatable bonds is 14. The summed E-state index contributed by atoms with van der Waals surface area (Å²) in [5, 5.41) is 23.0. The minimum atomic E-state index is -1.14. The summed E-state index contributed by atoms with van der Waals surface area (Å²) in [4.78, 5) is 36.6. The van der Waals surface area contributed by atoms with E-state index in [2.05, 4.69) is 10.6 Å². The molecule has 0 bridgehead atoms. The van der Waals surface area contributed by atoms with Gasteiger partial charge in [0.25, 0.3) is 0 Å². The van der Waals surface area contributed by atoms with E-state index in [1.165, 1.54) is 0 Å². The second-order valence-corrected chi connectivity index (χ2v) is 10.2. The van der Waals surface area contributed by atoms with Gasteiger partial charge in [-0.1, -0.05) is 74.5 Å². The van der Waals surface area contributed by atoms with Crippen molar-refractivity contribution in [3.63, 3.8) is 0 Å². The van der Waals surface area contributed by atoms with Gasteiger partial charge in [0, 0.05) is 12.5 Å². The largest absolute Gasteiger partial charge is 0.480 e. The monoisotopic (exact) mass is 547 g/mol. The molecule has 0 aliphatic rings. The van der Waals surface area contributed by atoms with Gasteiger partial charge in [-0.3, -0.25) is 4.79 Å². The van der Waals surface area contributed by atoms with Crippen LogP contribution in [0.3, 0.4) is 0 Å².